The van der Waals surface area contributed by atoms with Gasteiger partial charge in [0.15, 0.2) is 0 Å². The molecule has 5 nitrogen and oxygen atoms in total. The predicted molar refractivity (Wildman–Crippen MR) is 81.7 cm³/mol. The molecule has 1 amide bonds. The van der Waals surface area contributed by atoms with Crippen molar-refractivity contribution in [3.8, 4) is 11.3 Å². The van der Waals surface area contributed by atoms with E-state index < -0.39 is 0 Å². The number of rotatable bonds is 1. The Morgan fingerprint density at radius 2 is 2.19 bits per heavy atom. The first kappa shape index (κ1) is 13.8. The quantitative estimate of drug-likeness (QED) is 0.877. The number of carbonyl (C=O) groups excluding carboxylic acids is 1. The molecule has 2 N–H and O–H groups in total. The second-order valence-electron chi connectivity index (χ2n) is 5.06. The summed E-state index contributed by atoms with van der Waals surface area (Å²) in [4.78, 5) is 22.1. The van der Waals surface area contributed by atoms with E-state index in [1.807, 2.05) is 24.3 Å². The van der Waals surface area contributed by atoms with Crippen LogP contribution in [0.5, 0.6) is 0 Å². The van der Waals surface area contributed by atoms with Crippen molar-refractivity contribution in [3.63, 3.8) is 0 Å². The van der Waals surface area contributed by atoms with Crippen molar-refractivity contribution in [2.24, 2.45) is 0 Å². The van der Waals surface area contributed by atoms with Crippen LogP contribution in [0, 0.1) is 0 Å². The van der Waals surface area contributed by atoms with Crippen LogP contribution in [0.4, 0.5) is 5.95 Å². The van der Waals surface area contributed by atoms with Crippen LogP contribution in [0.25, 0.3) is 11.3 Å². The number of nitrogens with zero attached hydrogens (tertiary/aromatic N) is 3. The minimum atomic E-state index is 0.0505. The molecule has 0 atom stereocenters. The third kappa shape index (κ3) is 2.69. The summed E-state index contributed by atoms with van der Waals surface area (Å²) in [6.07, 6.45) is 0.690. The molecule has 0 spiro atoms. The van der Waals surface area contributed by atoms with Gasteiger partial charge in [0.05, 0.1) is 11.4 Å². The molecule has 1 aromatic carbocycles. The zero-order valence-corrected chi connectivity index (χ0v) is 12.4. The summed E-state index contributed by atoms with van der Waals surface area (Å²) in [5.41, 5.74) is 9.32. The average Bonchev–Trinajstić information content (AvgIpc) is 2.45. The zero-order chi connectivity index (χ0) is 15.0. The molecule has 1 aromatic heterocycles. The Morgan fingerprint density at radius 1 is 1.38 bits per heavy atom. The van der Waals surface area contributed by atoms with Gasteiger partial charge in [-0.2, -0.15) is 0 Å². The maximum atomic E-state index is 11.6. The smallest absolute Gasteiger partial charge is 0.220 e. The largest absolute Gasteiger partial charge is 0.368 e. The first-order valence-corrected chi connectivity index (χ1v) is 7.09. The van der Waals surface area contributed by atoms with Crippen molar-refractivity contribution in [2.45, 2.75) is 19.9 Å². The monoisotopic (exact) mass is 302 g/mol. The molecule has 2 aromatic rings. The van der Waals surface area contributed by atoms with Crippen molar-refractivity contribution in [1.29, 1.82) is 0 Å². The predicted octanol–water partition coefficient (Wildman–Crippen LogP) is 2.28. The second kappa shape index (κ2) is 5.33. The van der Waals surface area contributed by atoms with Gasteiger partial charge in [0.25, 0.3) is 0 Å². The second-order valence-corrected chi connectivity index (χ2v) is 5.49. The van der Waals surface area contributed by atoms with Crippen LogP contribution in [-0.4, -0.2) is 27.3 Å². The van der Waals surface area contributed by atoms with E-state index in [0.29, 0.717) is 24.5 Å². The molecule has 108 valence electrons. The number of nitrogens with two attached hydrogens (primary N) is 1. The van der Waals surface area contributed by atoms with Crippen molar-refractivity contribution in [2.75, 3.05) is 12.3 Å². The maximum absolute atomic E-state index is 11.6. The molecule has 2 heterocycles. The maximum Gasteiger partial charge on any atom is 0.220 e. The molecule has 0 unspecified atom stereocenters. The summed E-state index contributed by atoms with van der Waals surface area (Å²) < 4.78 is 0. The number of carbonyl (C=O) groups is 1. The van der Waals surface area contributed by atoms with Crippen LogP contribution in [0.3, 0.4) is 0 Å². The first-order chi connectivity index (χ1) is 10.0. The molecular formula is C15H15ClN4O. The average molecular weight is 303 g/mol. The van der Waals surface area contributed by atoms with Crippen LogP contribution >= 0.6 is 11.6 Å². The molecule has 0 aliphatic carbocycles. The van der Waals surface area contributed by atoms with E-state index in [0.717, 1.165) is 22.5 Å². The summed E-state index contributed by atoms with van der Waals surface area (Å²) in [5, 5.41) is 0.637. The SMILES string of the molecule is CC(=O)N1CCc2nc(N)nc(-c3cccc(Cl)c3)c2C1. The van der Waals surface area contributed by atoms with Gasteiger partial charge in [0, 0.05) is 42.6 Å². The summed E-state index contributed by atoms with van der Waals surface area (Å²) in [6.45, 7) is 2.74. The normalized spacial score (nSPS) is 13.9. The van der Waals surface area contributed by atoms with E-state index in [4.69, 9.17) is 17.3 Å². The molecule has 0 bridgehead atoms. The van der Waals surface area contributed by atoms with Crippen molar-refractivity contribution < 1.29 is 4.79 Å². The van der Waals surface area contributed by atoms with Crippen molar-refractivity contribution >= 4 is 23.5 Å². The molecule has 1 aliphatic rings. The Balaban J connectivity index is 2.13. The van der Waals surface area contributed by atoms with Gasteiger partial charge in [-0.25, -0.2) is 9.97 Å². The van der Waals surface area contributed by atoms with Gasteiger partial charge in [-0.3, -0.25) is 4.79 Å². The molecule has 1 aliphatic heterocycles. The molecule has 3 rings (SSSR count). The van der Waals surface area contributed by atoms with Crippen LogP contribution in [0.1, 0.15) is 18.2 Å². The highest BCUT2D eigenvalue weighted by atomic mass is 35.5. The molecule has 0 saturated carbocycles. The zero-order valence-electron chi connectivity index (χ0n) is 11.6. The summed E-state index contributed by atoms with van der Waals surface area (Å²) in [7, 11) is 0. The lowest BCUT2D eigenvalue weighted by atomic mass is 9.99. The molecule has 0 fully saturated rings. The highest BCUT2D eigenvalue weighted by Gasteiger charge is 2.24. The van der Waals surface area contributed by atoms with E-state index in [1.165, 1.54) is 0 Å². The molecule has 6 heteroatoms. The van der Waals surface area contributed by atoms with Crippen LogP contribution < -0.4 is 5.73 Å². The highest BCUT2D eigenvalue weighted by molar-refractivity contribution is 6.30. The lowest BCUT2D eigenvalue weighted by molar-refractivity contribution is -0.129. The number of amides is 1. The van der Waals surface area contributed by atoms with E-state index >= 15 is 0 Å². The Hall–Kier alpha value is -2.14. The van der Waals surface area contributed by atoms with Gasteiger partial charge in [-0.15, -0.1) is 0 Å². The fourth-order valence-corrected chi connectivity index (χ4v) is 2.77. The minimum absolute atomic E-state index is 0.0505. The number of anilines is 1. The summed E-state index contributed by atoms with van der Waals surface area (Å²) in [6, 6.07) is 7.45. The van der Waals surface area contributed by atoms with Gasteiger partial charge in [-0.05, 0) is 12.1 Å². The molecular weight excluding hydrogens is 288 g/mol. The molecule has 21 heavy (non-hydrogen) atoms. The van der Waals surface area contributed by atoms with Gasteiger partial charge in [-0.1, -0.05) is 23.7 Å². The van der Waals surface area contributed by atoms with E-state index in [-0.39, 0.29) is 11.9 Å². The first-order valence-electron chi connectivity index (χ1n) is 6.71. The number of hydrogen-bond acceptors (Lipinski definition) is 4. The number of halogens is 1. The third-order valence-corrected chi connectivity index (χ3v) is 3.86. The summed E-state index contributed by atoms with van der Waals surface area (Å²) in [5.74, 6) is 0.300. The molecule has 0 saturated heterocycles. The highest BCUT2D eigenvalue weighted by Crippen LogP contribution is 2.30. The van der Waals surface area contributed by atoms with E-state index in [1.54, 1.807) is 11.8 Å². The van der Waals surface area contributed by atoms with Crippen LogP contribution in [0.2, 0.25) is 5.02 Å². The number of fused-ring (bicyclic) bond motifs is 1. The third-order valence-electron chi connectivity index (χ3n) is 3.62. The fraction of sp³-hybridized carbons (Fsp3) is 0.267. The van der Waals surface area contributed by atoms with Gasteiger partial charge in [0.1, 0.15) is 0 Å². The molecule has 0 radical (unpaired) electrons. The fourth-order valence-electron chi connectivity index (χ4n) is 2.58. The topological polar surface area (TPSA) is 72.1 Å². The van der Waals surface area contributed by atoms with E-state index in [9.17, 15) is 4.79 Å². The van der Waals surface area contributed by atoms with E-state index in [2.05, 4.69) is 9.97 Å². The lowest BCUT2D eigenvalue weighted by Crippen LogP contribution is -2.35. The number of nitrogen functional groups attached to an aromatic ring is 1. The van der Waals surface area contributed by atoms with Gasteiger partial charge < -0.3 is 10.6 Å². The minimum Gasteiger partial charge on any atom is -0.368 e. The number of hydrogen-bond donors (Lipinski definition) is 1. The van der Waals surface area contributed by atoms with Crippen LogP contribution in [-0.2, 0) is 17.8 Å². The van der Waals surface area contributed by atoms with Gasteiger partial charge >= 0.3 is 0 Å². The van der Waals surface area contributed by atoms with Gasteiger partial charge in [0.2, 0.25) is 11.9 Å². The lowest BCUT2D eigenvalue weighted by Gasteiger charge is -2.28. The Bertz CT molecular complexity index is 717. The Kier molecular flexibility index (Phi) is 3.51. The Morgan fingerprint density at radius 3 is 2.90 bits per heavy atom. The summed E-state index contributed by atoms with van der Waals surface area (Å²) >= 11 is 6.06. The van der Waals surface area contributed by atoms with Crippen LogP contribution in [0.15, 0.2) is 24.3 Å². The van der Waals surface area contributed by atoms with Crippen molar-refractivity contribution in [1.82, 2.24) is 14.9 Å². The van der Waals surface area contributed by atoms with Crippen molar-refractivity contribution in [3.05, 3.63) is 40.5 Å². The number of benzene rings is 1. The number of aromatic nitrogens is 2. The Labute approximate surface area is 127 Å². The standard InChI is InChI=1S/C15H15ClN4O/c1-9(21)20-6-5-13-12(8-20)14(19-15(17)18-13)10-3-2-4-11(16)7-10/h2-4,7H,5-6,8H2,1H3,(H2,17,18,19).